The van der Waals surface area contributed by atoms with Gasteiger partial charge in [0, 0.05) is 12.5 Å². The Morgan fingerprint density at radius 3 is 3.00 bits per heavy atom. The Hall–Kier alpha value is -1.49. The molecule has 13 heavy (non-hydrogen) atoms. The lowest BCUT2D eigenvalue weighted by atomic mass is 10.3. The smallest absolute Gasteiger partial charge is 0.214 e. The summed E-state index contributed by atoms with van der Waals surface area (Å²) in [6.07, 6.45) is 2.00. The zero-order valence-corrected chi connectivity index (χ0v) is 8.00. The summed E-state index contributed by atoms with van der Waals surface area (Å²) in [4.78, 5) is 4.17. The molecule has 2 heteroatoms. The van der Waals surface area contributed by atoms with Crippen molar-refractivity contribution in [1.29, 1.82) is 0 Å². The van der Waals surface area contributed by atoms with Gasteiger partial charge in [0.25, 0.3) is 0 Å². The molecule has 0 saturated carbocycles. The van der Waals surface area contributed by atoms with Crippen molar-refractivity contribution in [2.45, 2.75) is 19.8 Å². The number of nitrogens with zero attached hydrogens (tertiary/aromatic N) is 1. The average Bonchev–Trinajstić information content (AvgIpc) is 2.19. The minimum absolute atomic E-state index is 0.614. The van der Waals surface area contributed by atoms with E-state index in [-0.39, 0.29) is 0 Å². The van der Waals surface area contributed by atoms with Crippen molar-refractivity contribution in [3.05, 3.63) is 23.9 Å². The van der Waals surface area contributed by atoms with Gasteiger partial charge in [0.2, 0.25) is 5.88 Å². The third kappa shape index (κ3) is 3.16. The zero-order chi connectivity index (χ0) is 9.52. The molecule has 0 unspecified atom stereocenters. The van der Waals surface area contributed by atoms with E-state index in [2.05, 4.69) is 23.7 Å². The lowest BCUT2D eigenvalue weighted by Gasteiger charge is -1.96. The van der Waals surface area contributed by atoms with E-state index in [4.69, 9.17) is 4.74 Å². The summed E-state index contributed by atoms with van der Waals surface area (Å²) >= 11 is 0. The molecule has 0 atom stereocenters. The highest BCUT2D eigenvalue weighted by molar-refractivity contribution is 5.30. The van der Waals surface area contributed by atoms with Crippen LogP contribution in [0.2, 0.25) is 0 Å². The number of hydrogen-bond donors (Lipinski definition) is 0. The van der Waals surface area contributed by atoms with Crippen LogP contribution in [0, 0.1) is 11.8 Å². The van der Waals surface area contributed by atoms with Gasteiger partial charge >= 0.3 is 0 Å². The monoisotopic (exact) mass is 175 g/mol. The second-order valence-electron chi connectivity index (χ2n) is 2.62. The quantitative estimate of drug-likeness (QED) is 0.643. The molecule has 0 bridgehead atoms. The van der Waals surface area contributed by atoms with Gasteiger partial charge in [0.1, 0.15) is 5.69 Å². The van der Waals surface area contributed by atoms with Crippen molar-refractivity contribution in [2.24, 2.45) is 0 Å². The number of aromatic nitrogens is 1. The summed E-state index contributed by atoms with van der Waals surface area (Å²) in [5.74, 6) is 6.63. The zero-order valence-electron chi connectivity index (χ0n) is 8.00. The van der Waals surface area contributed by atoms with Crippen LogP contribution in [-0.2, 0) is 0 Å². The van der Waals surface area contributed by atoms with Crippen molar-refractivity contribution in [1.82, 2.24) is 4.98 Å². The normalized spacial score (nSPS) is 8.77. The molecule has 2 nitrogen and oxygen atoms in total. The van der Waals surface area contributed by atoms with E-state index < -0.39 is 0 Å². The van der Waals surface area contributed by atoms with Crippen LogP contribution in [0.15, 0.2) is 18.2 Å². The first-order chi connectivity index (χ1) is 6.36. The maximum absolute atomic E-state index is 4.98. The Morgan fingerprint density at radius 2 is 2.31 bits per heavy atom. The Balaban J connectivity index is 2.73. The Morgan fingerprint density at radius 1 is 1.46 bits per heavy atom. The van der Waals surface area contributed by atoms with Gasteiger partial charge in [0.05, 0.1) is 7.11 Å². The molecular weight excluding hydrogens is 162 g/mol. The van der Waals surface area contributed by atoms with Crippen LogP contribution in [0.25, 0.3) is 0 Å². The molecular formula is C11H13NO. The Bertz CT molecular complexity index is 322. The Labute approximate surface area is 79.0 Å². The van der Waals surface area contributed by atoms with Crippen LogP contribution in [0.1, 0.15) is 25.5 Å². The largest absolute Gasteiger partial charge is 0.481 e. The van der Waals surface area contributed by atoms with E-state index >= 15 is 0 Å². The predicted molar refractivity (Wildman–Crippen MR) is 52.6 cm³/mol. The van der Waals surface area contributed by atoms with Crippen molar-refractivity contribution in [3.63, 3.8) is 0 Å². The highest BCUT2D eigenvalue weighted by Gasteiger charge is 1.91. The van der Waals surface area contributed by atoms with Gasteiger partial charge in [-0.15, -0.1) is 0 Å². The minimum atomic E-state index is 0.614. The van der Waals surface area contributed by atoms with E-state index in [0.29, 0.717) is 5.88 Å². The van der Waals surface area contributed by atoms with E-state index in [1.54, 1.807) is 7.11 Å². The van der Waals surface area contributed by atoms with E-state index in [1.807, 2.05) is 18.2 Å². The molecule has 1 aromatic heterocycles. The fourth-order valence-corrected chi connectivity index (χ4v) is 0.876. The van der Waals surface area contributed by atoms with Gasteiger partial charge in [0.15, 0.2) is 0 Å². The van der Waals surface area contributed by atoms with E-state index in [1.165, 1.54) is 0 Å². The van der Waals surface area contributed by atoms with E-state index in [9.17, 15) is 0 Å². The molecule has 0 saturated heterocycles. The molecule has 1 aromatic rings. The first-order valence-corrected chi connectivity index (χ1v) is 4.36. The van der Waals surface area contributed by atoms with Crippen LogP contribution in [0.5, 0.6) is 5.88 Å². The summed E-state index contributed by atoms with van der Waals surface area (Å²) < 4.78 is 4.98. The van der Waals surface area contributed by atoms with Crippen LogP contribution in [0.3, 0.4) is 0 Å². The highest BCUT2D eigenvalue weighted by atomic mass is 16.5. The standard InChI is InChI=1S/C11H13NO/c1-3-4-5-7-10-8-6-9-11(12-10)13-2/h6,8-9H,3-4H2,1-2H3. The van der Waals surface area contributed by atoms with Gasteiger partial charge < -0.3 is 4.74 Å². The summed E-state index contributed by atoms with van der Waals surface area (Å²) in [5.41, 5.74) is 0.771. The van der Waals surface area contributed by atoms with Crippen molar-refractivity contribution < 1.29 is 4.74 Å². The lowest BCUT2D eigenvalue weighted by molar-refractivity contribution is 0.397. The molecule has 0 aliphatic heterocycles. The molecule has 0 aromatic carbocycles. The molecule has 0 aliphatic carbocycles. The molecule has 0 fully saturated rings. The van der Waals surface area contributed by atoms with Gasteiger partial charge in [-0.3, -0.25) is 0 Å². The third-order valence-corrected chi connectivity index (χ3v) is 1.52. The molecule has 0 spiro atoms. The maximum atomic E-state index is 4.98. The molecule has 1 heterocycles. The Kier molecular flexibility index (Phi) is 3.84. The third-order valence-electron chi connectivity index (χ3n) is 1.52. The predicted octanol–water partition coefficient (Wildman–Crippen LogP) is 2.24. The second kappa shape index (κ2) is 5.21. The number of pyridine rings is 1. The number of unbranched alkanes of at least 4 members (excludes halogenated alkanes) is 1. The van der Waals surface area contributed by atoms with E-state index in [0.717, 1.165) is 18.5 Å². The van der Waals surface area contributed by atoms with Gasteiger partial charge in [-0.1, -0.05) is 18.9 Å². The fourth-order valence-electron chi connectivity index (χ4n) is 0.876. The average molecular weight is 175 g/mol. The number of methoxy groups -OCH3 is 1. The summed E-state index contributed by atoms with van der Waals surface area (Å²) in [5, 5.41) is 0. The molecule has 0 radical (unpaired) electrons. The van der Waals surface area contributed by atoms with Crippen molar-refractivity contribution in [2.75, 3.05) is 7.11 Å². The first-order valence-electron chi connectivity index (χ1n) is 4.36. The second-order valence-corrected chi connectivity index (χ2v) is 2.62. The van der Waals surface area contributed by atoms with Crippen LogP contribution < -0.4 is 4.74 Å². The van der Waals surface area contributed by atoms with Crippen LogP contribution >= 0.6 is 0 Å². The van der Waals surface area contributed by atoms with Gasteiger partial charge in [-0.25, -0.2) is 4.98 Å². The molecule has 68 valence electrons. The molecule has 0 amide bonds. The summed E-state index contributed by atoms with van der Waals surface area (Å²) in [6, 6.07) is 5.58. The number of ether oxygens (including phenoxy) is 1. The van der Waals surface area contributed by atoms with Crippen LogP contribution in [0.4, 0.5) is 0 Å². The molecule has 0 N–H and O–H groups in total. The molecule has 0 aliphatic rings. The highest BCUT2D eigenvalue weighted by Crippen LogP contribution is 2.05. The van der Waals surface area contributed by atoms with Gasteiger partial charge in [-0.2, -0.15) is 0 Å². The number of rotatable bonds is 2. The SMILES string of the molecule is CCCC#Cc1cccc(OC)n1. The van der Waals surface area contributed by atoms with Gasteiger partial charge in [-0.05, 0) is 18.4 Å². The first kappa shape index (κ1) is 9.60. The fraction of sp³-hybridized carbons (Fsp3) is 0.364. The minimum Gasteiger partial charge on any atom is -0.481 e. The summed E-state index contributed by atoms with van der Waals surface area (Å²) in [6.45, 7) is 2.10. The molecule has 1 rings (SSSR count). The van der Waals surface area contributed by atoms with Crippen LogP contribution in [-0.4, -0.2) is 12.1 Å². The van der Waals surface area contributed by atoms with Crippen molar-refractivity contribution >= 4 is 0 Å². The number of hydrogen-bond acceptors (Lipinski definition) is 2. The summed E-state index contributed by atoms with van der Waals surface area (Å²) in [7, 11) is 1.60. The maximum Gasteiger partial charge on any atom is 0.214 e. The topological polar surface area (TPSA) is 22.1 Å². The lowest BCUT2D eigenvalue weighted by Crippen LogP contribution is -1.88. The van der Waals surface area contributed by atoms with Crippen molar-refractivity contribution in [3.8, 4) is 17.7 Å².